The first kappa shape index (κ1) is 21.9. The van der Waals surface area contributed by atoms with E-state index in [4.69, 9.17) is 4.74 Å². The highest BCUT2D eigenvalue weighted by molar-refractivity contribution is 5.56. The first-order chi connectivity index (χ1) is 15.2. The van der Waals surface area contributed by atoms with Crippen molar-refractivity contribution in [1.82, 2.24) is 14.9 Å². The summed E-state index contributed by atoms with van der Waals surface area (Å²) in [5.74, 6) is 0.759. The zero-order chi connectivity index (χ0) is 22.9. The second-order valence-electron chi connectivity index (χ2n) is 7.61. The van der Waals surface area contributed by atoms with Crippen LogP contribution in [0.2, 0.25) is 0 Å². The van der Waals surface area contributed by atoms with Crippen LogP contribution in [0.25, 0.3) is 11.4 Å². The maximum atomic E-state index is 12.8. The summed E-state index contributed by atoms with van der Waals surface area (Å²) in [6, 6.07) is 9.75. The Kier molecular flexibility index (Phi) is 5.92. The van der Waals surface area contributed by atoms with Crippen LogP contribution in [0.5, 0.6) is 11.5 Å². The molecule has 0 spiro atoms. The average Bonchev–Trinajstić information content (AvgIpc) is 2.76. The molecule has 0 saturated heterocycles. The van der Waals surface area contributed by atoms with E-state index in [1.807, 2.05) is 13.0 Å². The molecule has 0 amide bonds. The monoisotopic (exact) mass is 445 g/mol. The van der Waals surface area contributed by atoms with Crippen LogP contribution < -0.4 is 10.3 Å². The number of aromatic hydroxyl groups is 1. The van der Waals surface area contributed by atoms with E-state index in [2.05, 4.69) is 14.9 Å². The number of nitrogens with one attached hydrogen (secondary N) is 1. The van der Waals surface area contributed by atoms with Crippen molar-refractivity contribution >= 4 is 0 Å². The standard InChI is InChI=1S/C23H22F3N3O3/c1-2-32-20-11-14(3-8-19(20)30)12-29-10-9-18-17(13-29)22(31)28-21(27-18)15-4-6-16(7-5-15)23(24,25)26/h3-8,11,30H,2,9-10,12-13H2,1H3,(H,27,28,31). The Morgan fingerprint density at radius 2 is 1.94 bits per heavy atom. The van der Waals surface area contributed by atoms with E-state index in [0.717, 1.165) is 17.7 Å². The lowest BCUT2D eigenvalue weighted by Crippen LogP contribution is -2.35. The summed E-state index contributed by atoms with van der Waals surface area (Å²) < 4.78 is 43.8. The fraction of sp³-hybridized carbons (Fsp3) is 0.304. The van der Waals surface area contributed by atoms with Crippen LogP contribution in [0.15, 0.2) is 47.3 Å². The summed E-state index contributed by atoms with van der Waals surface area (Å²) in [7, 11) is 0. The molecule has 1 aliphatic heterocycles. The van der Waals surface area contributed by atoms with Crippen LogP contribution in [0.1, 0.15) is 29.3 Å². The van der Waals surface area contributed by atoms with Gasteiger partial charge >= 0.3 is 6.18 Å². The number of H-pyrrole nitrogens is 1. The van der Waals surface area contributed by atoms with Crippen molar-refractivity contribution in [1.29, 1.82) is 0 Å². The van der Waals surface area contributed by atoms with E-state index < -0.39 is 11.7 Å². The van der Waals surface area contributed by atoms with Crippen molar-refractivity contribution in [2.45, 2.75) is 32.6 Å². The van der Waals surface area contributed by atoms with Gasteiger partial charge in [-0.05, 0) is 36.8 Å². The summed E-state index contributed by atoms with van der Waals surface area (Å²) in [6.45, 7) is 3.92. The largest absolute Gasteiger partial charge is 0.504 e. The normalized spacial score (nSPS) is 14.2. The van der Waals surface area contributed by atoms with Gasteiger partial charge in [0.05, 0.1) is 23.4 Å². The molecular formula is C23H22F3N3O3. The van der Waals surface area contributed by atoms with Crippen LogP contribution >= 0.6 is 0 Å². The molecule has 2 heterocycles. The Hall–Kier alpha value is -3.33. The summed E-state index contributed by atoms with van der Waals surface area (Å²) >= 11 is 0. The van der Waals surface area contributed by atoms with Gasteiger partial charge in [-0.2, -0.15) is 13.2 Å². The molecule has 0 fully saturated rings. The molecule has 0 aliphatic carbocycles. The maximum Gasteiger partial charge on any atom is 0.416 e. The Morgan fingerprint density at radius 3 is 2.62 bits per heavy atom. The minimum absolute atomic E-state index is 0.0797. The predicted molar refractivity (Wildman–Crippen MR) is 112 cm³/mol. The number of rotatable bonds is 5. The van der Waals surface area contributed by atoms with Crippen molar-refractivity contribution in [2.24, 2.45) is 0 Å². The van der Waals surface area contributed by atoms with E-state index in [0.29, 0.717) is 55.2 Å². The van der Waals surface area contributed by atoms with Gasteiger partial charge in [-0.3, -0.25) is 9.69 Å². The van der Waals surface area contributed by atoms with Gasteiger partial charge in [0.25, 0.3) is 5.56 Å². The Morgan fingerprint density at radius 1 is 1.19 bits per heavy atom. The van der Waals surface area contributed by atoms with Crippen molar-refractivity contribution < 1.29 is 23.0 Å². The molecule has 1 aliphatic rings. The first-order valence-electron chi connectivity index (χ1n) is 10.2. The second-order valence-corrected chi connectivity index (χ2v) is 7.61. The number of halogens is 3. The quantitative estimate of drug-likeness (QED) is 0.618. The van der Waals surface area contributed by atoms with Crippen LogP contribution in [-0.2, 0) is 25.7 Å². The van der Waals surface area contributed by atoms with Crippen LogP contribution in [0, 0.1) is 0 Å². The van der Waals surface area contributed by atoms with Crippen LogP contribution in [-0.4, -0.2) is 33.1 Å². The number of phenols is 1. The number of ether oxygens (including phenoxy) is 1. The van der Waals surface area contributed by atoms with Gasteiger partial charge in [0.1, 0.15) is 5.82 Å². The molecule has 0 saturated carbocycles. The predicted octanol–water partition coefficient (Wildman–Crippen LogP) is 4.12. The fourth-order valence-corrected chi connectivity index (χ4v) is 3.76. The van der Waals surface area contributed by atoms with Crippen LogP contribution in [0.4, 0.5) is 13.2 Å². The SMILES string of the molecule is CCOc1cc(CN2CCc3nc(-c4ccc(C(F)(F)F)cc4)[nH]c(=O)c3C2)ccc1O. The summed E-state index contributed by atoms with van der Waals surface area (Å²) in [5.41, 5.74) is 1.53. The maximum absolute atomic E-state index is 12.8. The molecule has 2 N–H and O–H groups in total. The van der Waals surface area contributed by atoms with Gasteiger partial charge in [-0.15, -0.1) is 0 Å². The summed E-state index contributed by atoms with van der Waals surface area (Å²) in [4.78, 5) is 22.0. The molecule has 4 rings (SSSR count). The van der Waals surface area contributed by atoms with E-state index in [1.165, 1.54) is 12.1 Å². The molecule has 2 aromatic carbocycles. The lowest BCUT2D eigenvalue weighted by atomic mass is 10.0. The third-order valence-electron chi connectivity index (χ3n) is 5.36. The highest BCUT2D eigenvalue weighted by Crippen LogP contribution is 2.31. The molecule has 6 nitrogen and oxygen atoms in total. The number of benzene rings is 2. The highest BCUT2D eigenvalue weighted by Gasteiger charge is 2.30. The van der Waals surface area contributed by atoms with Gasteiger partial charge in [0, 0.05) is 31.6 Å². The minimum atomic E-state index is -4.42. The zero-order valence-electron chi connectivity index (χ0n) is 17.4. The van der Waals surface area contributed by atoms with Gasteiger partial charge < -0.3 is 14.8 Å². The topological polar surface area (TPSA) is 78.5 Å². The van der Waals surface area contributed by atoms with Crippen molar-refractivity contribution in [3.8, 4) is 22.9 Å². The lowest BCUT2D eigenvalue weighted by Gasteiger charge is -2.28. The number of phenolic OH excluding ortho intramolecular Hbond substituents is 1. The minimum Gasteiger partial charge on any atom is -0.504 e. The molecule has 1 aromatic heterocycles. The molecule has 0 unspecified atom stereocenters. The van der Waals surface area contributed by atoms with E-state index >= 15 is 0 Å². The van der Waals surface area contributed by atoms with Crippen molar-refractivity contribution in [3.05, 3.63) is 75.2 Å². The third kappa shape index (κ3) is 4.62. The van der Waals surface area contributed by atoms with Crippen LogP contribution in [0.3, 0.4) is 0 Å². The van der Waals surface area contributed by atoms with Gasteiger partial charge in [0.2, 0.25) is 0 Å². The number of aromatic nitrogens is 2. The highest BCUT2D eigenvalue weighted by atomic mass is 19.4. The molecule has 0 bridgehead atoms. The Labute approximate surface area is 182 Å². The van der Waals surface area contributed by atoms with E-state index in [1.54, 1.807) is 12.1 Å². The summed E-state index contributed by atoms with van der Waals surface area (Å²) in [6.07, 6.45) is -3.87. The zero-order valence-corrected chi connectivity index (χ0v) is 17.4. The van der Waals surface area contributed by atoms with Gasteiger partial charge in [-0.25, -0.2) is 4.98 Å². The summed E-state index contributed by atoms with van der Waals surface area (Å²) in [5, 5.41) is 9.87. The average molecular weight is 445 g/mol. The Bertz CT molecular complexity index is 1170. The second kappa shape index (κ2) is 8.66. The molecule has 168 valence electrons. The van der Waals surface area contributed by atoms with E-state index in [-0.39, 0.29) is 17.1 Å². The molecule has 32 heavy (non-hydrogen) atoms. The number of hydrogen-bond donors (Lipinski definition) is 2. The number of hydrogen-bond acceptors (Lipinski definition) is 5. The molecule has 3 aromatic rings. The smallest absolute Gasteiger partial charge is 0.416 e. The number of alkyl halides is 3. The molecule has 0 radical (unpaired) electrons. The number of fused-ring (bicyclic) bond motifs is 1. The van der Waals surface area contributed by atoms with E-state index in [9.17, 15) is 23.1 Å². The molecule has 9 heteroatoms. The lowest BCUT2D eigenvalue weighted by molar-refractivity contribution is -0.137. The van der Waals surface area contributed by atoms with Crippen molar-refractivity contribution in [2.75, 3.05) is 13.2 Å². The van der Waals surface area contributed by atoms with Gasteiger partial charge in [-0.1, -0.05) is 18.2 Å². The third-order valence-corrected chi connectivity index (χ3v) is 5.36. The number of nitrogens with zero attached hydrogens (tertiary/aromatic N) is 2. The first-order valence-corrected chi connectivity index (χ1v) is 10.2. The Balaban J connectivity index is 1.53. The molecular weight excluding hydrogens is 423 g/mol. The van der Waals surface area contributed by atoms with Gasteiger partial charge in [0.15, 0.2) is 11.5 Å². The van der Waals surface area contributed by atoms with Crippen molar-refractivity contribution in [3.63, 3.8) is 0 Å². The molecule has 0 atom stereocenters. The fourth-order valence-electron chi connectivity index (χ4n) is 3.76. The number of aromatic amines is 1.